The Labute approximate surface area is 106 Å². The fourth-order valence-corrected chi connectivity index (χ4v) is 2.55. The second-order valence-corrected chi connectivity index (χ2v) is 4.97. The number of nitro benzene ring substituents is 1. The Hall–Kier alpha value is -1.23. The summed E-state index contributed by atoms with van der Waals surface area (Å²) in [5.74, 6) is 1.83. The van der Waals surface area contributed by atoms with Crippen LogP contribution in [0.3, 0.4) is 0 Å². The number of nitrogen functional groups attached to an aromatic ring is 1. The minimum atomic E-state index is -0.430. The highest BCUT2D eigenvalue weighted by Gasteiger charge is 2.13. The van der Waals surface area contributed by atoms with Gasteiger partial charge in [-0.25, -0.2) is 0 Å². The summed E-state index contributed by atoms with van der Waals surface area (Å²) in [6, 6.07) is 4.99. The van der Waals surface area contributed by atoms with Crippen LogP contribution < -0.4 is 5.73 Å². The lowest BCUT2D eigenvalue weighted by atomic mass is 10.2. The first-order valence-electron chi connectivity index (χ1n) is 5.76. The third-order valence-corrected chi connectivity index (χ3v) is 3.61. The molecule has 1 aromatic rings. The number of hydrogen-bond donors (Lipinski definition) is 1. The maximum absolute atomic E-state index is 10.7. The van der Waals surface area contributed by atoms with E-state index in [1.165, 1.54) is 25.3 Å². The number of nitrogens with two attached hydrogens (primary N) is 1. The van der Waals surface area contributed by atoms with Crippen LogP contribution >= 0.6 is 11.8 Å². The number of unbranched alkanes of at least 4 members (excludes halogenated alkanes) is 2. The molecule has 0 atom stereocenters. The van der Waals surface area contributed by atoms with Gasteiger partial charge in [-0.1, -0.05) is 31.9 Å². The summed E-state index contributed by atoms with van der Waals surface area (Å²) >= 11 is 1.78. The Morgan fingerprint density at radius 1 is 1.41 bits per heavy atom. The van der Waals surface area contributed by atoms with Crippen molar-refractivity contribution in [2.75, 3.05) is 11.5 Å². The molecule has 0 radical (unpaired) electrons. The predicted molar refractivity (Wildman–Crippen MR) is 73.2 cm³/mol. The number of benzene rings is 1. The molecule has 0 bridgehead atoms. The summed E-state index contributed by atoms with van der Waals surface area (Å²) in [7, 11) is 0. The molecule has 0 heterocycles. The molecule has 94 valence electrons. The Morgan fingerprint density at radius 2 is 2.18 bits per heavy atom. The Kier molecular flexibility index (Phi) is 5.83. The Bertz CT molecular complexity index is 383. The molecular weight excluding hydrogens is 236 g/mol. The van der Waals surface area contributed by atoms with Crippen LogP contribution in [0, 0.1) is 10.1 Å². The number of rotatable bonds is 7. The van der Waals surface area contributed by atoms with Crippen molar-refractivity contribution in [2.45, 2.75) is 31.9 Å². The first kappa shape index (κ1) is 13.8. The van der Waals surface area contributed by atoms with Crippen molar-refractivity contribution in [1.29, 1.82) is 0 Å². The largest absolute Gasteiger partial charge is 0.393 e. The van der Waals surface area contributed by atoms with Gasteiger partial charge in [0.05, 0.1) is 4.92 Å². The molecule has 0 fully saturated rings. The maximum atomic E-state index is 10.7. The summed E-state index contributed by atoms with van der Waals surface area (Å²) in [6.07, 6.45) is 3.63. The van der Waals surface area contributed by atoms with Crippen LogP contribution in [-0.4, -0.2) is 10.7 Å². The maximum Gasteiger partial charge on any atom is 0.292 e. The van der Waals surface area contributed by atoms with Gasteiger partial charge in [-0.3, -0.25) is 10.1 Å². The summed E-state index contributed by atoms with van der Waals surface area (Å²) in [5, 5.41) is 10.7. The van der Waals surface area contributed by atoms with Crippen LogP contribution in [0.1, 0.15) is 31.7 Å². The molecule has 0 aromatic heterocycles. The quantitative estimate of drug-likeness (QED) is 0.349. The van der Waals surface area contributed by atoms with E-state index in [2.05, 4.69) is 6.92 Å². The van der Waals surface area contributed by atoms with E-state index in [9.17, 15) is 10.1 Å². The molecule has 5 heteroatoms. The van der Waals surface area contributed by atoms with E-state index in [0.717, 1.165) is 17.1 Å². The second kappa shape index (κ2) is 7.17. The van der Waals surface area contributed by atoms with Crippen LogP contribution in [0.2, 0.25) is 0 Å². The Morgan fingerprint density at radius 3 is 2.82 bits per heavy atom. The zero-order valence-corrected chi connectivity index (χ0v) is 10.8. The Balaban J connectivity index is 2.54. The van der Waals surface area contributed by atoms with Crippen molar-refractivity contribution in [2.24, 2.45) is 0 Å². The van der Waals surface area contributed by atoms with Gasteiger partial charge in [-0.05, 0) is 17.7 Å². The van der Waals surface area contributed by atoms with Crippen molar-refractivity contribution in [3.05, 3.63) is 33.9 Å². The zero-order valence-electron chi connectivity index (χ0n) is 10.0. The van der Waals surface area contributed by atoms with Gasteiger partial charge in [0.25, 0.3) is 5.69 Å². The van der Waals surface area contributed by atoms with Crippen molar-refractivity contribution < 1.29 is 4.92 Å². The minimum Gasteiger partial charge on any atom is -0.393 e. The molecule has 0 saturated heterocycles. The van der Waals surface area contributed by atoms with Gasteiger partial charge in [-0.15, -0.1) is 0 Å². The van der Waals surface area contributed by atoms with Crippen LogP contribution in [-0.2, 0) is 5.75 Å². The molecular formula is C12H18N2O2S. The number of anilines is 1. The molecule has 0 unspecified atom stereocenters. The standard InChI is InChI=1S/C12H18N2O2S/c1-2-3-4-8-17-9-10-6-5-7-11(12(10)13)14(15)16/h5-7H,2-4,8-9,13H2,1H3. The first-order valence-corrected chi connectivity index (χ1v) is 6.91. The van der Waals surface area contributed by atoms with Gasteiger partial charge < -0.3 is 5.73 Å². The van der Waals surface area contributed by atoms with Gasteiger partial charge in [0, 0.05) is 11.8 Å². The van der Waals surface area contributed by atoms with Crippen LogP contribution in [0.4, 0.5) is 11.4 Å². The lowest BCUT2D eigenvalue weighted by molar-refractivity contribution is -0.383. The summed E-state index contributed by atoms with van der Waals surface area (Å²) in [4.78, 5) is 10.3. The molecule has 1 rings (SSSR count). The van der Waals surface area contributed by atoms with Gasteiger partial charge in [0.1, 0.15) is 5.69 Å². The van der Waals surface area contributed by atoms with Crippen molar-refractivity contribution in [1.82, 2.24) is 0 Å². The third-order valence-electron chi connectivity index (χ3n) is 2.52. The second-order valence-electron chi connectivity index (χ2n) is 3.87. The average molecular weight is 254 g/mol. The lowest BCUT2D eigenvalue weighted by Crippen LogP contribution is -1.99. The highest BCUT2D eigenvalue weighted by molar-refractivity contribution is 7.98. The minimum absolute atomic E-state index is 0.0108. The van der Waals surface area contributed by atoms with E-state index in [1.54, 1.807) is 17.8 Å². The highest BCUT2D eigenvalue weighted by atomic mass is 32.2. The van der Waals surface area contributed by atoms with E-state index in [0.29, 0.717) is 5.69 Å². The first-order chi connectivity index (χ1) is 8.16. The summed E-state index contributed by atoms with van der Waals surface area (Å²) in [5.41, 5.74) is 6.95. The topological polar surface area (TPSA) is 69.2 Å². The molecule has 2 N–H and O–H groups in total. The van der Waals surface area contributed by atoms with E-state index < -0.39 is 4.92 Å². The van der Waals surface area contributed by atoms with Crippen LogP contribution in [0.15, 0.2) is 18.2 Å². The van der Waals surface area contributed by atoms with Crippen molar-refractivity contribution >= 4 is 23.1 Å². The van der Waals surface area contributed by atoms with Gasteiger partial charge in [0.15, 0.2) is 0 Å². The molecule has 0 spiro atoms. The van der Waals surface area contributed by atoms with Crippen LogP contribution in [0.25, 0.3) is 0 Å². The van der Waals surface area contributed by atoms with E-state index in [4.69, 9.17) is 5.73 Å². The molecule has 4 nitrogen and oxygen atoms in total. The zero-order chi connectivity index (χ0) is 12.7. The number of thioether (sulfide) groups is 1. The molecule has 0 aliphatic rings. The monoisotopic (exact) mass is 254 g/mol. The summed E-state index contributed by atoms with van der Waals surface area (Å²) < 4.78 is 0. The SMILES string of the molecule is CCCCCSCc1cccc([N+](=O)[O-])c1N. The van der Waals surface area contributed by atoms with Gasteiger partial charge in [0.2, 0.25) is 0 Å². The number of hydrogen-bond acceptors (Lipinski definition) is 4. The average Bonchev–Trinajstić information content (AvgIpc) is 2.30. The molecule has 0 saturated carbocycles. The van der Waals surface area contributed by atoms with Gasteiger partial charge >= 0.3 is 0 Å². The fraction of sp³-hybridized carbons (Fsp3) is 0.500. The van der Waals surface area contributed by atoms with E-state index in [-0.39, 0.29) is 5.69 Å². The summed E-state index contributed by atoms with van der Waals surface area (Å²) in [6.45, 7) is 2.17. The number of para-hydroxylation sites is 1. The normalized spacial score (nSPS) is 10.4. The molecule has 1 aromatic carbocycles. The molecule has 17 heavy (non-hydrogen) atoms. The van der Waals surface area contributed by atoms with Crippen molar-refractivity contribution in [3.8, 4) is 0 Å². The lowest BCUT2D eigenvalue weighted by Gasteiger charge is -2.05. The molecule has 0 aliphatic carbocycles. The van der Waals surface area contributed by atoms with Gasteiger partial charge in [-0.2, -0.15) is 11.8 Å². The predicted octanol–water partition coefficient (Wildman–Crippen LogP) is 3.60. The number of nitro groups is 1. The smallest absolute Gasteiger partial charge is 0.292 e. The fourth-order valence-electron chi connectivity index (χ4n) is 1.52. The highest BCUT2D eigenvalue weighted by Crippen LogP contribution is 2.27. The van der Waals surface area contributed by atoms with Crippen LogP contribution in [0.5, 0.6) is 0 Å². The van der Waals surface area contributed by atoms with E-state index >= 15 is 0 Å². The number of nitrogens with zero attached hydrogens (tertiary/aromatic N) is 1. The molecule has 0 aliphatic heterocycles. The van der Waals surface area contributed by atoms with Crippen molar-refractivity contribution in [3.63, 3.8) is 0 Å². The third kappa shape index (κ3) is 4.26. The van der Waals surface area contributed by atoms with E-state index in [1.807, 2.05) is 6.07 Å². The molecule has 0 amide bonds.